The lowest BCUT2D eigenvalue weighted by Crippen LogP contribution is -1.97. The zero-order chi connectivity index (χ0) is 7.94. The summed E-state index contributed by atoms with van der Waals surface area (Å²) in [6.45, 7) is 1.06. The molecule has 0 saturated heterocycles. The molecular weight excluding hydrogens is 156 g/mol. The molecule has 11 heavy (non-hydrogen) atoms. The van der Waals surface area contributed by atoms with E-state index in [9.17, 15) is 0 Å². The van der Waals surface area contributed by atoms with Crippen LogP contribution in [0, 0.1) is 0 Å². The number of ether oxygens (including phenoxy) is 1. The topological polar surface area (TPSA) is 18.5 Å². The average Bonchev–Trinajstić information content (AvgIpc) is 2.07. The van der Waals surface area contributed by atoms with Crippen molar-refractivity contribution < 1.29 is 9.16 Å². The summed E-state index contributed by atoms with van der Waals surface area (Å²) in [6, 6.07) is 10.1. The Kier molecular flexibility index (Phi) is 3.89. The van der Waals surface area contributed by atoms with Crippen molar-refractivity contribution in [3.63, 3.8) is 0 Å². The molecule has 60 valence electrons. The van der Waals surface area contributed by atoms with Crippen molar-refractivity contribution in [2.24, 2.45) is 0 Å². The van der Waals surface area contributed by atoms with Gasteiger partial charge in [0.05, 0.1) is 6.61 Å². The SMILES string of the molecule is [SiH3]OCOCc1ccccc1. The maximum atomic E-state index is 5.18. The highest BCUT2D eigenvalue weighted by Crippen LogP contribution is 1.99. The fraction of sp³-hybridized carbons (Fsp3) is 0.250. The monoisotopic (exact) mass is 168 g/mol. The maximum absolute atomic E-state index is 5.18. The molecule has 0 bridgehead atoms. The smallest absolute Gasteiger partial charge is 0.149 e. The van der Waals surface area contributed by atoms with Crippen LogP contribution in [0.15, 0.2) is 30.3 Å². The van der Waals surface area contributed by atoms with Crippen molar-refractivity contribution in [2.45, 2.75) is 6.61 Å². The van der Waals surface area contributed by atoms with Crippen LogP contribution < -0.4 is 0 Å². The standard InChI is InChI=1S/C8H12O2Si/c11-10-7-9-6-8-4-2-1-3-5-8/h1-5H,6-7H2,11H3. The third kappa shape index (κ3) is 3.32. The van der Waals surface area contributed by atoms with Crippen molar-refractivity contribution in [2.75, 3.05) is 6.79 Å². The van der Waals surface area contributed by atoms with E-state index >= 15 is 0 Å². The second kappa shape index (κ2) is 5.07. The molecule has 1 aromatic rings. The van der Waals surface area contributed by atoms with Gasteiger partial charge in [-0.15, -0.1) is 0 Å². The highest BCUT2D eigenvalue weighted by molar-refractivity contribution is 5.97. The van der Waals surface area contributed by atoms with Gasteiger partial charge in [-0.3, -0.25) is 0 Å². The van der Waals surface area contributed by atoms with Crippen molar-refractivity contribution in [3.05, 3.63) is 35.9 Å². The molecule has 0 heterocycles. The molecule has 0 atom stereocenters. The molecule has 0 aliphatic heterocycles. The normalized spacial score (nSPS) is 10.2. The molecule has 0 radical (unpaired) electrons. The van der Waals surface area contributed by atoms with Gasteiger partial charge in [0.1, 0.15) is 17.3 Å². The van der Waals surface area contributed by atoms with E-state index in [0.29, 0.717) is 13.4 Å². The Hall–Kier alpha value is -0.643. The van der Waals surface area contributed by atoms with E-state index in [1.807, 2.05) is 30.3 Å². The first-order valence-corrected chi connectivity index (χ1v) is 4.36. The zero-order valence-corrected chi connectivity index (χ0v) is 8.62. The van der Waals surface area contributed by atoms with E-state index in [1.165, 1.54) is 5.56 Å². The fourth-order valence-electron chi connectivity index (χ4n) is 0.817. The Morgan fingerprint density at radius 2 is 1.91 bits per heavy atom. The molecule has 0 amide bonds. The summed E-state index contributed by atoms with van der Waals surface area (Å²) in [5, 5.41) is 0. The summed E-state index contributed by atoms with van der Waals surface area (Å²) >= 11 is 0. The van der Waals surface area contributed by atoms with Gasteiger partial charge in [-0.25, -0.2) is 0 Å². The van der Waals surface area contributed by atoms with Crippen LogP contribution >= 0.6 is 0 Å². The molecule has 0 unspecified atom stereocenters. The molecule has 1 rings (SSSR count). The molecule has 0 aliphatic carbocycles. The van der Waals surface area contributed by atoms with Gasteiger partial charge in [0, 0.05) is 0 Å². The number of hydrogen-bond donors (Lipinski definition) is 0. The van der Waals surface area contributed by atoms with Gasteiger partial charge in [-0.05, 0) is 5.56 Å². The summed E-state index contributed by atoms with van der Waals surface area (Å²) in [5.74, 6) is 0. The Balaban J connectivity index is 2.28. The van der Waals surface area contributed by atoms with Crippen molar-refractivity contribution >= 4 is 10.5 Å². The third-order valence-corrected chi connectivity index (χ3v) is 1.55. The Morgan fingerprint density at radius 3 is 2.55 bits per heavy atom. The Morgan fingerprint density at radius 1 is 1.18 bits per heavy atom. The molecule has 2 nitrogen and oxygen atoms in total. The van der Waals surface area contributed by atoms with Gasteiger partial charge in [-0.1, -0.05) is 30.3 Å². The lowest BCUT2D eigenvalue weighted by molar-refractivity contribution is 0.00979. The third-order valence-electron chi connectivity index (χ3n) is 1.31. The number of rotatable bonds is 4. The highest BCUT2D eigenvalue weighted by Gasteiger charge is 1.88. The van der Waals surface area contributed by atoms with Crippen LogP contribution in [0.25, 0.3) is 0 Å². The van der Waals surface area contributed by atoms with Crippen molar-refractivity contribution in [1.82, 2.24) is 0 Å². The lowest BCUT2D eigenvalue weighted by atomic mass is 10.2. The minimum absolute atomic E-state index is 0.418. The van der Waals surface area contributed by atoms with Crippen LogP contribution in [-0.4, -0.2) is 17.3 Å². The predicted octanol–water partition coefficient (Wildman–Crippen LogP) is 0.458. The molecular formula is C8H12O2Si. The van der Waals surface area contributed by atoms with Crippen molar-refractivity contribution in [3.8, 4) is 0 Å². The zero-order valence-electron chi connectivity index (χ0n) is 6.62. The lowest BCUT2D eigenvalue weighted by Gasteiger charge is -2.01. The van der Waals surface area contributed by atoms with E-state index in [4.69, 9.17) is 9.16 Å². The molecule has 0 aliphatic rings. The van der Waals surface area contributed by atoms with Crippen LogP contribution in [0.3, 0.4) is 0 Å². The highest BCUT2D eigenvalue weighted by atomic mass is 28.2. The second-order valence-electron chi connectivity index (χ2n) is 2.24. The van der Waals surface area contributed by atoms with E-state index in [-0.39, 0.29) is 0 Å². The average molecular weight is 168 g/mol. The molecule has 3 heteroatoms. The predicted molar refractivity (Wildman–Crippen MR) is 47.1 cm³/mol. The van der Waals surface area contributed by atoms with Crippen molar-refractivity contribution in [1.29, 1.82) is 0 Å². The summed E-state index contributed by atoms with van der Waals surface area (Å²) in [4.78, 5) is 0. The molecule has 0 fully saturated rings. The van der Waals surface area contributed by atoms with Gasteiger partial charge in [0.25, 0.3) is 0 Å². The summed E-state index contributed by atoms with van der Waals surface area (Å²) in [6.07, 6.45) is 0. The maximum Gasteiger partial charge on any atom is 0.149 e. The molecule has 1 aromatic carbocycles. The van der Waals surface area contributed by atoms with Crippen LogP contribution in [-0.2, 0) is 15.8 Å². The number of benzene rings is 1. The molecule has 0 spiro atoms. The first-order valence-electron chi connectivity index (χ1n) is 3.54. The van der Waals surface area contributed by atoms with Gasteiger partial charge < -0.3 is 9.16 Å². The minimum Gasteiger partial charge on any atom is -0.406 e. The quantitative estimate of drug-likeness (QED) is 0.369. The van der Waals surface area contributed by atoms with Crippen LogP contribution in [0.5, 0.6) is 0 Å². The first kappa shape index (κ1) is 8.45. The van der Waals surface area contributed by atoms with Gasteiger partial charge >= 0.3 is 0 Å². The van der Waals surface area contributed by atoms with Crippen LogP contribution in [0.1, 0.15) is 5.56 Å². The van der Waals surface area contributed by atoms with E-state index < -0.39 is 0 Å². The first-order chi connectivity index (χ1) is 5.43. The molecule has 0 aromatic heterocycles. The fourth-order valence-corrected chi connectivity index (χ4v) is 0.984. The van der Waals surface area contributed by atoms with Gasteiger partial charge in [0.15, 0.2) is 0 Å². The number of hydrogen-bond acceptors (Lipinski definition) is 2. The summed E-state index contributed by atoms with van der Waals surface area (Å²) in [7, 11) is 0.741. The molecule has 0 N–H and O–H groups in total. The Labute approximate surface area is 69.7 Å². The molecule has 0 saturated carbocycles. The summed E-state index contributed by atoms with van der Waals surface area (Å²) in [5.41, 5.74) is 1.19. The van der Waals surface area contributed by atoms with E-state index in [2.05, 4.69) is 0 Å². The summed E-state index contributed by atoms with van der Waals surface area (Å²) < 4.78 is 10.1. The van der Waals surface area contributed by atoms with Crippen LogP contribution in [0.2, 0.25) is 0 Å². The van der Waals surface area contributed by atoms with E-state index in [0.717, 1.165) is 10.5 Å². The van der Waals surface area contributed by atoms with Crippen LogP contribution in [0.4, 0.5) is 0 Å². The van der Waals surface area contributed by atoms with Gasteiger partial charge in [-0.2, -0.15) is 0 Å². The van der Waals surface area contributed by atoms with Gasteiger partial charge in [0.2, 0.25) is 0 Å². The minimum atomic E-state index is 0.418. The Bertz CT molecular complexity index is 189. The largest absolute Gasteiger partial charge is 0.406 e. The second-order valence-corrected chi connectivity index (χ2v) is 2.82. The van der Waals surface area contributed by atoms with E-state index in [1.54, 1.807) is 0 Å².